The topological polar surface area (TPSA) is 95.6 Å². The van der Waals surface area contributed by atoms with Crippen LogP contribution in [0.2, 0.25) is 0 Å². The molecule has 0 aromatic carbocycles. The number of pyridine rings is 1. The van der Waals surface area contributed by atoms with Crippen LogP contribution < -0.4 is 0 Å². The Bertz CT molecular complexity index is 936. The van der Waals surface area contributed by atoms with Gasteiger partial charge in [0.25, 0.3) is 0 Å². The van der Waals surface area contributed by atoms with Crippen molar-refractivity contribution in [2.24, 2.45) is 16.4 Å². The quantitative estimate of drug-likeness (QED) is 0.412. The van der Waals surface area contributed by atoms with E-state index in [1.165, 1.54) is 19.3 Å². The van der Waals surface area contributed by atoms with Crippen LogP contribution in [0.3, 0.4) is 0 Å². The monoisotopic (exact) mass is 382 g/mol. The molecule has 2 heterocycles. The third-order valence-electron chi connectivity index (χ3n) is 5.57. The van der Waals surface area contributed by atoms with E-state index in [2.05, 4.69) is 15.0 Å². The van der Waals surface area contributed by atoms with E-state index >= 15 is 0 Å². The van der Waals surface area contributed by atoms with Crippen molar-refractivity contribution in [3.05, 3.63) is 46.2 Å². The Labute approximate surface area is 164 Å². The minimum atomic E-state index is -0.515. The van der Waals surface area contributed by atoms with E-state index in [1.54, 1.807) is 0 Å². The lowest BCUT2D eigenvalue weighted by Crippen LogP contribution is -2.58. The molecule has 3 aliphatic rings. The lowest BCUT2D eigenvalue weighted by atomic mass is 9.44. The van der Waals surface area contributed by atoms with E-state index in [1.807, 2.05) is 54.6 Å². The summed E-state index contributed by atoms with van der Waals surface area (Å²) in [7, 11) is 0. The van der Waals surface area contributed by atoms with Gasteiger partial charge < -0.3 is 14.0 Å². The normalized spacial score (nSPS) is 22.8. The number of hydrogen-bond donors (Lipinski definition) is 0. The molecule has 1 amide bonds. The number of fused-ring (bicyclic) bond motifs is 1. The molecule has 0 spiro atoms. The average molecular weight is 382 g/mol. The van der Waals surface area contributed by atoms with Gasteiger partial charge in [-0.2, -0.15) is 0 Å². The van der Waals surface area contributed by atoms with Crippen molar-refractivity contribution >= 4 is 11.7 Å². The Kier molecular flexibility index (Phi) is 4.46. The van der Waals surface area contributed by atoms with Crippen LogP contribution in [0, 0.1) is 11.3 Å². The number of carbonyl (C=O) groups is 1. The molecule has 3 saturated carbocycles. The second-order valence-corrected chi connectivity index (χ2v) is 9.24. The number of carbonyl (C=O) groups excluding carboxylic acids is 1. The molecule has 0 unspecified atom stereocenters. The maximum atomic E-state index is 12.8. The van der Waals surface area contributed by atoms with E-state index in [0.29, 0.717) is 17.7 Å². The summed E-state index contributed by atoms with van der Waals surface area (Å²) in [4.78, 5) is 21.9. The number of ether oxygens (including phenoxy) is 1. The maximum absolute atomic E-state index is 12.8. The van der Waals surface area contributed by atoms with Crippen LogP contribution in [0.25, 0.3) is 16.1 Å². The fourth-order valence-electron chi connectivity index (χ4n) is 4.35. The summed E-state index contributed by atoms with van der Waals surface area (Å²) in [5.41, 5.74) is 10.8. The summed E-state index contributed by atoms with van der Waals surface area (Å²) in [5.74, 6) is 0.872. The highest BCUT2D eigenvalue weighted by Gasteiger charge is 2.57. The van der Waals surface area contributed by atoms with Crippen LogP contribution >= 0.6 is 0 Å². The largest absolute Gasteiger partial charge is 0.444 e. The van der Waals surface area contributed by atoms with Crippen LogP contribution in [-0.4, -0.2) is 32.5 Å². The van der Waals surface area contributed by atoms with Crippen molar-refractivity contribution < 1.29 is 9.53 Å². The summed E-state index contributed by atoms with van der Waals surface area (Å²) in [6, 6.07) is 3.91. The Morgan fingerprint density at radius 2 is 2.14 bits per heavy atom. The smallest absolute Gasteiger partial charge is 0.410 e. The summed E-state index contributed by atoms with van der Waals surface area (Å²) in [6.45, 7) is 7.16. The minimum absolute atomic E-state index is 0.223. The lowest BCUT2D eigenvalue weighted by molar-refractivity contribution is -0.124. The van der Waals surface area contributed by atoms with E-state index in [9.17, 15) is 4.79 Å². The molecule has 0 saturated heterocycles. The van der Waals surface area contributed by atoms with Crippen LogP contribution in [0.5, 0.6) is 0 Å². The number of aromatic nitrogens is 2. The number of imidazole rings is 1. The fraction of sp³-hybridized carbons (Fsp3) is 0.600. The highest BCUT2D eigenvalue weighted by molar-refractivity contribution is 5.68. The SMILES string of the molecule is CC(C)(C)OC(=O)N(Cc1ccc2nc(CN=[N+]=[N-])cn2c1)CC12CC(C1)C2. The second kappa shape index (κ2) is 6.71. The van der Waals surface area contributed by atoms with Gasteiger partial charge in [0.1, 0.15) is 11.2 Å². The van der Waals surface area contributed by atoms with Crippen molar-refractivity contribution in [3.8, 4) is 0 Å². The molecule has 148 valence electrons. The molecule has 2 bridgehead atoms. The number of amides is 1. The number of hydrogen-bond acceptors (Lipinski definition) is 4. The van der Waals surface area contributed by atoms with Crippen molar-refractivity contribution in [3.63, 3.8) is 0 Å². The number of azide groups is 1. The minimum Gasteiger partial charge on any atom is -0.444 e. The van der Waals surface area contributed by atoms with E-state index in [-0.39, 0.29) is 12.6 Å². The number of rotatable bonds is 6. The van der Waals surface area contributed by atoms with Crippen molar-refractivity contribution in [2.45, 2.75) is 58.7 Å². The molecule has 2 aromatic heterocycles. The van der Waals surface area contributed by atoms with Gasteiger partial charge in [-0.3, -0.25) is 0 Å². The zero-order chi connectivity index (χ0) is 19.9. The van der Waals surface area contributed by atoms with Crippen LogP contribution in [0.1, 0.15) is 51.3 Å². The molecular formula is C20H26N6O2. The highest BCUT2D eigenvalue weighted by atomic mass is 16.6. The third-order valence-corrected chi connectivity index (χ3v) is 5.57. The molecule has 0 atom stereocenters. The van der Waals surface area contributed by atoms with Gasteiger partial charge in [-0.15, -0.1) is 0 Å². The predicted molar refractivity (Wildman–Crippen MR) is 104 cm³/mol. The molecule has 0 N–H and O–H groups in total. The first-order valence-electron chi connectivity index (χ1n) is 9.71. The van der Waals surface area contributed by atoms with Crippen LogP contribution in [0.15, 0.2) is 29.6 Å². The molecular weight excluding hydrogens is 356 g/mol. The Hall–Kier alpha value is -2.73. The van der Waals surface area contributed by atoms with E-state index in [0.717, 1.165) is 23.7 Å². The molecule has 28 heavy (non-hydrogen) atoms. The molecule has 8 heteroatoms. The summed E-state index contributed by atoms with van der Waals surface area (Å²) >= 11 is 0. The Morgan fingerprint density at radius 1 is 1.39 bits per heavy atom. The number of nitrogens with zero attached hydrogens (tertiary/aromatic N) is 6. The average Bonchev–Trinajstić information content (AvgIpc) is 2.94. The summed E-state index contributed by atoms with van der Waals surface area (Å²) in [6.07, 6.45) is 7.27. The molecule has 3 aliphatic carbocycles. The van der Waals surface area contributed by atoms with Crippen molar-refractivity contribution in [2.75, 3.05) is 6.54 Å². The summed E-state index contributed by atoms with van der Waals surface area (Å²) in [5, 5.41) is 3.56. The van der Waals surface area contributed by atoms with Gasteiger partial charge in [0, 0.05) is 23.9 Å². The molecule has 5 rings (SSSR count). The molecule has 3 fully saturated rings. The van der Waals surface area contributed by atoms with Gasteiger partial charge in [-0.05, 0) is 68.5 Å². The first-order chi connectivity index (χ1) is 13.3. The molecule has 8 nitrogen and oxygen atoms in total. The fourth-order valence-corrected chi connectivity index (χ4v) is 4.35. The lowest BCUT2D eigenvalue weighted by Gasteiger charge is -2.63. The maximum Gasteiger partial charge on any atom is 0.410 e. The Morgan fingerprint density at radius 3 is 2.75 bits per heavy atom. The highest BCUT2D eigenvalue weighted by Crippen LogP contribution is 2.64. The summed E-state index contributed by atoms with van der Waals surface area (Å²) < 4.78 is 7.57. The van der Waals surface area contributed by atoms with Crippen LogP contribution in [0.4, 0.5) is 4.79 Å². The van der Waals surface area contributed by atoms with Gasteiger partial charge >= 0.3 is 6.09 Å². The van der Waals surface area contributed by atoms with Crippen molar-refractivity contribution in [1.82, 2.24) is 14.3 Å². The predicted octanol–water partition coefficient (Wildman–Crippen LogP) is 4.68. The first-order valence-corrected chi connectivity index (χ1v) is 9.71. The zero-order valence-corrected chi connectivity index (χ0v) is 16.6. The standard InChI is InChI=1S/C20H26N6O2/c1-19(2,3)28-18(27)26(13-20-6-15(7-20)8-20)11-14-4-5-17-23-16(9-22-24-21)12-25(17)10-14/h4-5,10,12,15H,6-9,11,13H2,1-3H3. The Balaban J connectivity index is 1.52. The molecule has 0 aliphatic heterocycles. The van der Waals surface area contributed by atoms with E-state index < -0.39 is 5.60 Å². The van der Waals surface area contributed by atoms with Crippen LogP contribution in [-0.2, 0) is 17.8 Å². The zero-order valence-electron chi connectivity index (χ0n) is 16.6. The molecule has 0 radical (unpaired) electrons. The first kappa shape index (κ1) is 18.6. The van der Waals surface area contributed by atoms with E-state index in [4.69, 9.17) is 10.3 Å². The third kappa shape index (κ3) is 3.78. The van der Waals surface area contributed by atoms with Gasteiger partial charge in [-0.25, -0.2) is 9.78 Å². The van der Waals surface area contributed by atoms with Gasteiger partial charge in [0.2, 0.25) is 0 Å². The van der Waals surface area contributed by atoms with Crippen molar-refractivity contribution in [1.29, 1.82) is 0 Å². The van der Waals surface area contributed by atoms with Gasteiger partial charge in [-0.1, -0.05) is 11.2 Å². The van der Waals surface area contributed by atoms with Gasteiger partial charge in [0.15, 0.2) is 0 Å². The van der Waals surface area contributed by atoms with Gasteiger partial charge in [0.05, 0.1) is 18.8 Å². The molecule has 2 aromatic rings. The second-order valence-electron chi connectivity index (χ2n) is 9.24.